The number of aliphatic hydroxyl groups is 1. The van der Waals surface area contributed by atoms with E-state index in [0.717, 1.165) is 22.3 Å². The third-order valence-electron chi connectivity index (χ3n) is 4.87. The molecule has 2 aromatic carbocycles. The molecule has 2 atom stereocenters. The standard InChI is InChI=1S/C21H20F3NO6/c22-21(23,24)18(26)11-30-10-17(19(27)28)25-20(29)31-9-16-14-7-3-1-5-12(14)13-6-2-4-8-15(13)16/h1-8,16-18,26H,9-11H2,(H,25,29)(H,27,28)/t17-,18?/m0/s1. The highest BCUT2D eigenvalue weighted by atomic mass is 19.4. The van der Waals surface area contributed by atoms with Crippen molar-refractivity contribution < 1.29 is 42.4 Å². The first kappa shape index (κ1) is 22.6. The fraction of sp³-hybridized carbons (Fsp3) is 0.333. The van der Waals surface area contributed by atoms with E-state index in [-0.39, 0.29) is 12.5 Å². The van der Waals surface area contributed by atoms with E-state index in [2.05, 4.69) is 10.1 Å². The number of carboxylic acids is 1. The molecule has 1 unspecified atom stereocenters. The van der Waals surface area contributed by atoms with E-state index in [4.69, 9.17) is 14.9 Å². The molecule has 0 heterocycles. The first-order valence-electron chi connectivity index (χ1n) is 9.35. The molecule has 31 heavy (non-hydrogen) atoms. The summed E-state index contributed by atoms with van der Waals surface area (Å²) in [5.74, 6) is -1.75. The summed E-state index contributed by atoms with van der Waals surface area (Å²) in [7, 11) is 0. The SMILES string of the molecule is O=C(N[C@@H](COCC(O)C(F)(F)F)C(=O)O)OCC1c2ccccc2-c2ccccc21. The summed E-state index contributed by atoms with van der Waals surface area (Å²) in [6, 6.07) is 13.6. The van der Waals surface area contributed by atoms with Crippen LogP contribution in [0.4, 0.5) is 18.0 Å². The summed E-state index contributed by atoms with van der Waals surface area (Å²) in [5.41, 5.74) is 3.98. The number of hydrogen-bond acceptors (Lipinski definition) is 5. The Morgan fingerprint density at radius 2 is 1.55 bits per heavy atom. The lowest BCUT2D eigenvalue weighted by molar-refractivity contribution is -0.217. The van der Waals surface area contributed by atoms with Gasteiger partial charge in [0, 0.05) is 5.92 Å². The van der Waals surface area contributed by atoms with Gasteiger partial charge < -0.3 is 25.0 Å². The predicted molar refractivity (Wildman–Crippen MR) is 103 cm³/mol. The Labute approximate surface area is 175 Å². The lowest BCUT2D eigenvalue weighted by atomic mass is 9.98. The first-order chi connectivity index (χ1) is 14.7. The average Bonchev–Trinajstić information content (AvgIpc) is 3.04. The van der Waals surface area contributed by atoms with Gasteiger partial charge in [0.2, 0.25) is 0 Å². The van der Waals surface area contributed by atoms with Crippen molar-refractivity contribution in [2.45, 2.75) is 24.2 Å². The Morgan fingerprint density at radius 3 is 2.06 bits per heavy atom. The van der Waals surface area contributed by atoms with Crippen molar-refractivity contribution in [3.8, 4) is 11.1 Å². The highest BCUT2D eigenvalue weighted by molar-refractivity contribution is 5.81. The molecule has 166 valence electrons. The van der Waals surface area contributed by atoms with Crippen LogP contribution in [-0.4, -0.2) is 60.4 Å². The topological polar surface area (TPSA) is 105 Å². The number of nitrogens with one attached hydrogen (secondary N) is 1. The van der Waals surface area contributed by atoms with Gasteiger partial charge in [0.25, 0.3) is 0 Å². The largest absolute Gasteiger partial charge is 0.480 e. The van der Waals surface area contributed by atoms with Crippen LogP contribution in [0.3, 0.4) is 0 Å². The number of carbonyl (C=O) groups is 2. The van der Waals surface area contributed by atoms with E-state index in [9.17, 15) is 22.8 Å². The molecule has 0 saturated carbocycles. The number of rotatable bonds is 8. The second kappa shape index (κ2) is 9.36. The van der Waals surface area contributed by atoms with E-state index in [1.165, 1.54) is 0 Å². The molecule has 7 nitrogen and oxygen atoms in total. The van der Waals surface area contributed by atoms with Gasteiger partial charge in [-0.2, -0.15) is 13.2 Å². The van der Waals surface area contributed by atoms with E-state index < -0.39 is 43.6 Å². The molecule has 0 radical (unpaired) electrons. The maximum absolute atomic E-state index is 12.3. The normalized spacial score (nSPS) is 15.0. The Hall–Kier alpha value is -3.11. The molecule has 1 aliphatic rings. The zero-order valence-electron chi connectivity index (χ0n) is 16.1. The van der Waals surface area contributed by atoms with Gasteiger partial charge in [0.05, 0.1) is 13.2 Å². The van der Waals surface area contributed by atoms with Crippen LogP contribution in [0.1, 0.15) is 17.0 Å². The minimum Gasteiger partial charge on any atom is -0.480 e. The minimum absolute atomic E-state index is 0.0557. The van der Waals surface area contributed by atoms with Crippen LogP contribution in [-0.2, 0) is 14.3 Å². The highest BCUT2D eigenvalue weighted by Crippen LogP contribution is 2.44. The van der Waals surface area contributed by atoms with Crippen LogP contribution in [0.5, 0.6) is 0 Å². The maximum atomic E-state index is 12.3. The molecule has 0 bridgehead atoms. The third-order valence-corrected chi connectivity index (χ3v) is 4.87. The zero-order valence-corrected chi connectivity index (χ0v) is 16.1. The van der Waals surface area contributed by atoms with Gasteiger partial charge >= 0.3 is 18.2 Å². The van der Waals surface area contributed by atoms with E-state index in [1.54, 1.807) is 0 Å². The van der Waals surface area contributed by atoms with E-state index in [1.807, 2.05) is 48.5 Å². The number of hydrogen-bond donors (Lipinski definition) is 3. The number of amides is 1. The molecule has 0 spiro atoms. The maximum Gasteiger partial charge on any atom is 0.416 e. The van der Waals surface area contributed by atoms with Gasteiger partial charge in [0.15, 0.2) is 12.1 Å². The fourth-order valence-electron chi connectivity index (χ4n) is 3.35. The van der Waals surface area contributed by atoms with Gasteiger partial charge in [-0.1, -0.05) is 48.5 Å². The number of aliphatic carboxylic acids is 1. The van der Waals surface area contributed by atoms with Crippen LogP contribution in [0, 0.1) is 0 Å². The number of alkyl carbamates (subject to hydrolysis) is 1. The van der Waals surface area contributed by atoms with Crippen LogP contribution in [0.2, 0.25) is 0 Å². The molecule has 0 aliphatic heterocycles. The number of carboxylic acid groups (broad SMARTS) is 1. The second-order valence-corrected chi connectivity index (χ2v) is 6.96. The summed E-state index contributed by atoms with van der Waals surface area (Å²) in [4.78, 5) is 23.4. The number of benzene rings is 2. The number of alkyl halides is 3. The summed E-state index contributed by atoms with van der Waals surface area (Å²) in [6.45, 7) is -1.98. The Balaban J connectivity index is 1.57. The molecule has 0 fully saturated rings. The van der Waals surface area contributed by atoms with Gasteiger partial charge in [-0.25, -0.2) is 9.59 Å². The van der Waals surface area contributed by atoms with Crippen molar-refractivity contribution in [1.29, 1.82) is 0 Å². The number of ether oxygens (including phenoxy) is 2. The molecule has 10 heteroatoms. The summed E-state index contributed by atoms with van der Waals surface area (Å²) < 4.78 is 46.6. The molecule has 3 N–H and O–H groups in total. The van der Waals surface area contributed by atoms with Crippen LogP contribution >= 0.6 is 0 Å². The van der Waals surface area contributed by atoms with Crippen molar-refractivity contribution in [3.05, 3.63) is 59.7 Å². The minimum atomic E-state index is -4.89. The zero-order chi connectivity index (χ0) is 22.6. The van der Waals surface area contributed by atoms with Crippen molar-refractivity contribution in [3.63, 3.8) is 0 Å². The lowest BCUT2D eigenvalue weighted by Crippen LogP contribution is -2.45. The van der Waals surface area contributed by atoms with E-state index in [0.29, 0.717) is 0 Å². The molecule has 0 aromatic heterocycles. The highest BCUT2D eigenvalue weighted by Gasteiger charge is 2.38. The average molecular weight is 439 g/mol. The van der Waals surface area contributed by atoms with Crippen molar-refractivity contribution in [2.75, 3.05) is 19.8 Å². The Morgan fingerprint density at radius 1 is 1.00 bits per heavy atom. The third kappa shape index (κ3) is 5.33. The van der Waals surface area contributed by atoms with Crippen molar-refractivity contribution in [2.24, 2.45) is 0 Å². The fourth-order valence-corrected chi connectivity index (χ4v) is 3.35. The van der Waals surface area contributed by atoms with E-state index >= 15 is 0 Å². The molecule has 1 aliphatic carbocycles. The second-order valence-electron chi connectivity index (χ2n) is 6.96. The quantitative estimate of drug-likeness (QED) is 0.584. The number of aliphatic hydroxyl groups excluding tert-OH is 1. The summed E-state index contributed by atoms with van der Waals surface area (Å²) in [5, 5.41) is 20.1. The monoisotopic (exact) mass is 439 g/mol. The molecular formula is C21H20F3NO6. The molecule has 3 rings (SSSR count). The predicted octanol–water partition coefficient (Wildman–Crippen LogP) is 2.92. The molecule has 0 saturated heterocycles. The molecule has 2 aromatic rings. The number of halogens is 3. The van der Waals surface area contributed by atoms with Crippen LogP contribution in [0.25, 0.3) is 11.1 Å². The summed E-state index contributed by atoms with van der Waals surface area (Å²) >= 11 is 0. The van der Waals surface area contributed by atoms with Crippen molar-refractivity contribution in [1.82, 2.24) is 5.32 Å². The summed E-state index contributed by atoms with van der Waals surface area (Å²) in [6.07, 6.45) is -8.69. The van der Waals surface area contributed by atoms with Crippen molar-refractivity contribution >= 4 is 12.1 Å². The van der Waals surface area contributed by atoms with Gasteiger partial charge in [0.1, 0.15) is 6.61 Å². The lowest BCUT2D eigenvalue weighted by Gasteiger charge is -2.19. The Kier molecular flexibility index (Phi) is 6.81. The number of carbonyl (C=O) groups excluding carboxylic acids is 1. The molecular weight excluding hydrogens is 419 g/mol. The first-order valence-corrected chi connectivity index (χ1v) is 9.35. The van der Waals surface area contributed by atoms with Gasteiger partial charge in [-0.05, 0) is 22.3 Å². The smallest absolute Gasteiger partial charge is 0.416 e. The van der Waals surface area contributed by atoms with Gasteiger partial charge in [-0.3, -0.25) is 0 Å². The van der Waals surface area contributed by atoms with Crippen LogP contribution in [0.15, 0.2) is 48.5 Å². The molecule has 1 amide bonds. The van der Waals surface area contributed by atoms with Crippen LogP contribution < -0.4 is 5.32 Å². The Bertz CT molecular complexity index is 903. The van der Waals surface area contributed by atoms with Gasteiger partial charge in [-0.15, -0.1) is 0 Å². The number of fused-ring (bicyclic) bond motifs is 3.